The first-order valence-electron chi connectivity index (χ1n) is 17.0. The van der Waals surface area contributed by atoms with Crippen LogP contribution in [-0.4, -0.2) is 202 Å². The number of aliphatic hydroxyl groups is 1. The molecule has 0 unspecified atom stereocenters. The van der Waals surface area contributed by atoms with E-state index in [0.717, 1.165) is 25.7 Å². The first kappa shape index (κ1) is 46.1. The van der Waals surface area contributed by atoms with Crippen LogP contribution >= 0.6 is 0 Å². The van der Waals surface area contributed by atoms with Crippen molar-refractivity contribution in [3.05, 3.63) is 0 Å². The van der Waals surface area contributed by atoms with E-state index in [9.17, 15) is 4.79 Å². The lowest BCUT2D eigenvalue weighted by molar-refractivity contribution is -0.109. The fourth-order valence-corrected chi connectivity index (χ4v) is 3.52. The second kappa shape index (κ2) is 43.1. The smallest absolute Gasteiger partial charge is 0.122 e. The summed E-state index contributed by atoms with van der Waals surface area (Å²) in [5, 5.41) is 8.85. The normalized spacial score (nSPS) is 11.6. The molecule has 0 bridgehead atoms. The summed E-state index contributed by atoms with van der Waals surface area (Å²) in [5.41, 5.74) is 0. The maximum Gasteiger partial charge on any atom is 0.122 e. The maximum absolute atomic E-state index is 10.1. The zero-order chi connectivity index (χ0) is 34.0. The summed E-state index contributed by atoms with van der Waals surface area (Å²) in [5.74, 6) is 0. The average Bonchev–Trinajstić information content (AvgIpc) is 3.07. The zero-order valence-electron chi connectivity index (χ0n) is 29.0. The second-order valence-electron chi connectivity index (χ2n) is 10.0. The summed E-state index contributed by atoms with van der Waals surface area (Å²) >= 11 is 0. The summed E-state index contributed by atoms with van der Waals surface area (Å²) in [6.45, 7) is 14.5. The zero-order valence-corrected chi connectivity index (χ0v) is 29.0. The first-order valence-corrected chi connectivity index (χ1v) is 17.0. The molecule has 0 spiro atoms. The predicted molar refractivity (Wildman–Crippen MR) is 174 cm³/mol. The molecule has 0 aliphatic heterocycles. The van der Waals surface area contributed by atoms with Crippen molar-refractivity contribution in [1.82, 2.24) is 4.90 Å². The topological polar surface area (TPSA) is 151 Å². The molecule has 282 valence electrons. The van der Waals surface area contributed by atoms with Gasteiger partial charge in [0.15, 0.2) is 0 Å². The molecule has 0 aromatic heterocycles. The molecule has 0 radical (unpaired) electrons. The van der Waals surface area contributed by atoms with Gasteiger partial charge in [0.2, 0.25) is 0 Å². The summed E-state index contributed by atoms with van der Waals surface area (Å²) < 4.78 is 65.4. The van der Waals surface area contributed by atoms with Crippen LogP contribution in [0.2, 0.25) is 0 Å². The number of hydrogen-bond acceptors (Lipinski definition) is 15. The SMILES string of the molecule is CN(CCO)CCCOCCOCCOCCCOCCOCCOCCOCCOCCOCCOCCOCCOCCC=O. The molecule has 0 heterocycles. The van der Waals surface area contributed by atoms with Gasteiger partial charge in [-0.15, -0.1) is 0 Å². The third kappa shape index (κ3) is 43.1. The van der Waals surface area contributed by atoms with Gasteiger partial charge in [0.25, 0.3) is 0 Å². The van der Waals surface area contributed by atoms with Crippen LogP contribution in [-0.2, 0) is 61.6 Å². The summed E-state index contributed by atoms with van der Waals surface area (Å²) in [7, 11) is 1.99. The molecular formula is C32H65NO14. The Morgan fingerprint density at radius 3 is 0.915 bits per heavy atom. The lowest BCUT2D eigenvalue weighted by Gasteiger charge is -2.14. The quantitative estimate of drug-likeness (QED) is 0.0699. The van der Waals surface area contributed by atoms with Gasteiger partial charge in [-0.2, -0.15) is 0 Å². The highest BCUT2D eigenvalue weighted by Crippen LogP contribution is 1.91. The molecule has 0 aliphatic carbocycles. The van der Waals surface area contributed by atoms with Gasteiger partial charge in [0.1, 0.15) is 6.29 Å². The highest BCUT2D eigenvalue weighted by molar-refractivity contribution is 5.49. The van der Waals surface area contributed by atoms with Gasteiger partial charge in [0.05, 0.1) is 145 Å². The third-order valence-corrected chi connectivity index (χ3v) is 5.99. The van der Waals surface area contributed by atoms with Crippen molar-refractivity contribution >= 4 is 6.29 Å². The van der Waals surface area contributed by atoms with Gasteiger partial charge in [0, 0.05) is 39.3 Å². The molecule has 15 nitrogen and oxygen atoms in total. The van der Waals surface area contributed by atoms with E-state index in [4.69, 9.17) is 61.9 Å². The maximum atomic E-state index is 10.1. The number of nitrogens with zero attached hydrogens (tertiary/aromatic N) is 1. The molecule has 1 N–H and O–H groups in total. The largest absolute Gasteiger partial charge is 0.395 e. The molecule has 0 aromatic rings. The van der Waals surface area contributed by atoms with Crippen molar-refractivity contribution in [2.45, 2.75) is 19.3 Å². The first-order chi connectivity index (χ1) is 23.3. The lowest BCUT2D eigenvalue weighted by Crippen LogP contribution is -2.24. The minimum atomic E-state index is 0.185. The number of ether oxygens (including phenoxy) is 12. The number of hydrogen-bond donors (Lipinski definition) is 1. The molecule has 0 aromatic carbocycles. The minimum absolute atomic E-state index is 0.185. The predicted octanol–water partition coefficient (Wildman–Crippen LogP) is 0.479. The standard InChI is InChI=1S/C32H65NO14/c1-33(6-8-35)5-2-9-36-13-17-40-19-15-38-11-4-12-39-16-20-42-22-24-44-26-28-46-30-32-47-31-29-45-27-25-43-23-21-41-18-14-37-10-3-7-34/h7,35H,2-6,8-32H2,1H3. The lowest BCUT2D eigenvalue weighted by atomic mass is 10.4. The summed E-state index contributed by atoms with van der Waals surface area (Å²) in [4.78, 5) is 12.2. The minimum Gasteiger partial charge on any atom is -0.395 e. The van der Waals surface area contributed by atoms with Gasteiger partial charge in [-0.05, 0) is 19.9 Å². The molecule has 0 aliphatic rings. The van der Waals surface area contributed by atoms with E-state index in [1.807, 2.05) is 7.05 Å². The Morgan fingerprint density at radius 2 is 0.638 bits per heavy atom. The van der Waals surface area contributed by atoms with E-state index in [1.54, 1.807) is 0 Å². The van der Waals surface area contributed by atoms with Gasteiger partial charge < -0.3 is 71.6 Å². The Kier molecular flexibility index (Phi) is 42.3. The van der Waals surface area contributed by atoms with Crippen LogP contribution in [0.1, 0.15) is 19.3 Å². The van der Waals surface area contributed by atoms with Crippen LogP contribution in [0, 0.1) is 0 Å². The van der Waals surface area contributed by atoms with Crippen LogP contribution in [0.5, 0.6) is 0 Å². The monoisotopic (exact) mass is 687 g/mol. The van der Waals surface area contributed by atoms with Crippen LogP contribution < -0.4 is 0 Å². The van der Waals surface area contributed by atoms with Gasteiger partial charge in [-0.1, -0.05) is 0 Å². The number of aldehydes is 1. The number of carbonyl (C=O) groups excluding carboxylic acids is 1. The number of carbonyl (C=O) groups is 1. The van der Waals surface area contributed by atoms with Crippen molar-refractivity contribution < 1.29 is 66.7 Å². The van der Waals surface area contributed by atoms with Crippen molar-refractivity contribution in [3.63, 3.8) is 0 Å². The summed E-state index contributed by atoms with van der Waals surface area (Å²) in [6, 6.07) is 0. The second-order valence-corrected chi connectivity index (χ2v) is 10.0. The number of rotatable bonds is 43. The Morgan fingerprint density at radius 1 is 0.383 bits per heavy atom. The molecule has 0 atom stereocenters. The van der Waals surface area contributed by atoms with Crippen LogP contribution in [0.3, 0.4) is 0 Å². The fraction of sp³-hybridized carbons (Fsp3) is 0.969. The van der Waals surface area contributed by atoms with E-state index < -0.39 is 0 Å². The van der Waals surface area contributed by atoms with Crippen molar-refractivity contribution in [2.75, 3.05) is 185 Å². The molecule has 0 fully saturated rings. The number of likely N-dealkylation sites (N-methyl/N-ethyl adjacent to an activating group) is 1. The third-order valence-electron chi connectivity index (χ3n) is 5.99. The van der Waals surface area contributed by atoms with Crippen LogP contribution in [0.25, 0.3) is 0 Å². The van der Waals surface area contributed by atoms with E-state index >= 15 is 0 Å². The van der Waals surface area contributed by atoms with E-state index in [-0.39, 0.29) is 6.61 Å². The van der Waals surface area contributed by atoms with Crippen molar-refractivity contribution in [1.29, 1.82) is 0 Å². The highest BCUT2D eigenvalue weighted by Gasteiger charge is 1.98. The van der Waals surface area contributed by atoms with Gasteiger partial charge in [-0.3, -0.25) is 0 Å². The molecule has 0 rings (SSSR count). The Balaban J connectivity index is 3.05. The molecule has 0 saturated carbocycles. The molecule has 47 heavy (non-hydrogen) atoms. The van der Waals surface area contributed by atoms with E-state index in [1.165, 1.54) is 0 Å². The average molecular weight is 688 g/mol. The van der Waals surface area contributed by atoms with Crippen molar-refractivity contribution in [3.8, 4) is 0 Å². The Labute approximate surface area is 282 Å². The van der Waals surface area contributed by atoms with E-state index in [0.29, 0.717) is 172 Å². The fourth-order valence-electron chi connectivity index (χ4n) is 3.52. The molecule has 15 heteroatoms. The van der Waals surface area contributed by atoms with Crippen molar-refractivity contribution in [2.24, 2.45) is 0 Å². The van der Waals surface area contributed by atoms with Crippen LogP contribution in [0.4, 0.5) is 0 Å². The summed E-state index contributed by atoms with van der Waals surface area (Å²) in [6.07, 6.45) is 3.01. The highest BCUT2D eigenvalue weighted by atomic mass is 16.6. The number of aliphatic hydroxyl groups excluding tert-OH is 1. The van der Waals surface area contributed by atoms with Gasteiger partial charge in [-0.25, -0.2) is 0 Å². The van der Waals surface area contributed by atoms with E-state index in [2.05, 4.69) is 4.90 Å². The Bertz CT molecular complexity index is 582. The Hall–Kier alpha value is -0.890. The molecule has 0 saturated heterocycles. The molecule has 0 amide bonds. The molecular weight excluding hydrogens is 622 g/mol. The van der Waals surface area contributed by atoms with Gasteiger partial charge >= 0.3 is 0 Å². The van der Waals surface area contributed by atoms with Crippen LogP contribution in [0.15, 0.2) is 0 Å².